The van der Waals surface area contributed by atoms with Gasteiger partial charge in [-0.1, -0.05) is 20.8 Å². The van der Waals surface area contributed by atoms with E-state index in [2.05, 4.69) is 26.1 Å². The van der Waals surface area contributed by atoms with E-state index in [9.17, 15) is 4.79 Å². The van der Waals surface area contributed by atoms with Crippen molar-refractivity contribution in [2.45, 2.75) is 59.7 Å². The van der Waals surface area contributed by atoms with E-state index in [1.165, 1.54) is 0 Å². The van der Waals surface area contributed by atoms with Crippen molar-refractivity contribution in [1.29, 1.82) is 0 Å². The first-order chi connectivity index (χ1) is 8.90. The second-order valence-electron chi connectivity index (χ2n) is 6.06. The fourth-order valence-electron chi connectivity index (χ4n) is 2.97. The molecule has 1 fully saturated rings. The van der Waals surface area contributed by atoms with E-state index in [0.29, 0.717) is 13.1 Å². The SMILES string of the molecule is CCC(CC)(CN)CNC(=O)C1C(C)OC(C)C1C. The molecule has 19 heavy (non-hydrogen) atoms. The maximum atomic E-state index is 12.4. The Hall–Kier alpha value is -0.610. The summed E-state index contributed by atoms with van der Waals surface area (Å²) in [7, 11) is 0. The summed E-state index contributed by atoms with van der Waals surface area (Å²) in [6.45, 7) is 11.7. The number of rotatable bonds is 6. The van der Waals surface area contributed by atoms with Crippen molar-refractivity contribution in [3.63, 3.8) is 0 Å². The lowest BCUT2D eigenvalue weighted by Gasteiger charge is -2.31. The topological polar surface area (TPSA) is 64.3 Å². The van der Waals surface area contributed by atoms with Gasteiger partial charge in [0.1, 0.15) is 0 Å². The van der Waals surface area contributed by atoms with Gasteiger partial charge >= 0.3 is 0 Å². The number of hydrogen-bond acceptors (Lipinski definition) is 3. The van der Waals surface area contributed by atoms with Gasteiger partial charge in [0.15, 0.2) is 0 Å². The number of ether oxygens (including phenoxy) is 1. The van der Waals surface area contributed by atoms with Crippen molar-refractivity contribution in [3.05, 3.63) is 0 Å². The Labute approximate surface area is 117 Å². The first kappa shape index (κ1) is 16.4. The highest BCUT2D eigenvalue weighted by atomic mass is 16.5. The summed E-state index contributed by atoms with van der Waals surface area (Å²) in [5.41, 5.74) is 5.90. The Morgan fingerprint density at radius 1 is 1.21 bits per heavy atom. The van der Waals surface area contributed by atoms with E-state index in [1.807, 2.05) is 13.8 Å². The number of nitrogens with two attached hydrogens (primary N) is 1. The molecule has 4 atom stereocenters. The summed E-state index contributed by atoms with van der Waals surface area (Å²) in [4.78, 5) is 12.4. The molecule has 112 valence electrons. The molecule has 4 heteroatoms. The van der Waals surface area contributed by atoms with Crippen LogP contribution in [-0.2, 0) is 9.53 Å². The second kappa shape index (κ2) is 6.71. The minimum Gasteiger partial charge on any atom is -0.374 e. The summed E-state index contributed by atoms with van der Waals surface area (Å²) in [5, 5.41) is 3.10. The maximum absolute atomic E-state index is 12.4. The fourth-order valence-corrected chi connectivity index (χ4v) is 2.97. The van der Waals surface area contributed by atoms with Crippen LogP contribution >= 0.6 is 0 Å². The van der Waals surface area contributed by atoms with E-state index in [-0.39, 0.29) is 35.4 Å². The smallest absolute Gasteiger partial charge is 0.226 e. The molecule has 4 unspecified atom stereocenters. The molecule has 0 bridgehead atoms. The molecule has 0 aliphatic carbocycles. The molecule has 1 rings (SSSR count). The van der Waals surface area contributed by atoms with Crippen molar-refractivity contribution < 1.29 is 9.53 Å². The standard InChI is InChI=1S/C15H30N2O2/c1-6-15(7-2,8-16)9-17-14(18)13-10(3)11(4)19-12(13)5/h10-13H,6-9,16H2,1-5H3,(H,17,18). The quantitative estimate of drug-likeness (QED) is 0.775. The molecule has 1 aliphatic heterocycles. The van der Waals surface area contributed by atoms with Crippen LogP contribution in [0.2, 0.25) is 0 Å². The van der Waals surface area contributed by atoms with Crippen LogP contribution in [0.15, 0.2) is 0 Å². The van der Waals surface area contributed by atoms with E-state index in [0.717, 1.165) is 12.8 Å². The zero-order valence-electron chi connectivity index (χ0n) is 13.0. The van der Waals surface area contributed by atoms with Gasteiger partial charge < -0.3 is 15.8 Å². The van der Waals surface area contributed by atoms with Gasteiger partial charge in [0.2, 0.25) is 5.91 Å². The fraction of sp³-hybridized carbons (Fsp3) is 0.933. The first-order valence-corrected chi connectivity index (χ1v) is 7.54. The van der Waals surface area contributed by atoms with Gasteiger partial charge in [0, 0.05) is 6.54 Å². The van der Waals surface area contributed by atoms with Gasteiger partial charge in [-0.2, -0.15) is 0 Å². The molecular weight excluding hydrogens is 240 g/mol. The van der Waals surface area contributed by atoms with Gasteiger partial charge in [0.25, 0.3) is 0 Å². The van der Waals surface area contributed by atoms with E-state index >= 15 is 0 Å². The molecule has 0 spiro atoms. The highest BCUT2D eigenvalue weighted by Gasteiger charge is 2.41. The average Bonchev–Trinajstić information content (AvgIpc) is 2.65. The summed E-state index contributed by atoms with van der Waals surface area (Å²) in [6, 6.07) is 0. The van der Waals surface area contributed by atoms with Gasteiger partial charge in [-0.3, -0.25) is 4.79 Å². The van der Waals surface area contributed by atoms with Crippen molar-refractivity contribution in [2.24, 2.45) is 23.0 Å². The van der Waals surface area contributed by atoms with Crippen LogP contribution in [0.3, 0.4) is 0 Å². The predicted octanol–water partition coefficient (Wildman–Crippen LogP) is 1.93. The van der Waals surface area contributed by atoms with Crippen molar-refractivity contribution in [3.8, 4) is 0 Å². The van der Waals surface area contributed by atoms with Crippen LogP contribution < -0.4 is 11.1 Å². The summed E-state index contributed by atoms with van der Waals surface area (Å²) in [6.07, 6.45) is 2.13. The third-order valence-electron chi connectivity index (χ3n) is 5.12. The number of carbonyl (C=O) groups excluding carboxylic acids is 1. The minimum atomic E-state index is -0.0424. The maximum Gasteiger partial charge on any atom is 0.226 e. The monoisotopic (exact) mass is 270 g/mol. The predicted molar refractivity (Wildman–Crippen MR) is 77.7 cm³/mol. The molecule has 1 amide bonds. The number of carbonyl (C=O) groups is 1. The minimum absolute atomic E-state index is 0.000490. The van der Waals surface area contributed by atoms with Crippen molar-refractivity contribution in [2.75, 3.05) is 13.1 Å². The van der Waals surface area contributed by atoms with E-state index < -0.39 is 0 Å². The Balaban J connectivity index is 2.60. The van der Waals surface area contributed by atoms with Gasteiger partial charge in [-0.15, -0.1) is 0 Å². The molecule has 3 N–H and O–H groups in total. The summed E-state index contributed by atoms with van der Waals surface area (Å²) in [5.74, 6) is 0.341. The molecule has 0 saturated carbocycles. The first-order valence-electron chi connectivity index (χ1n) is 7.54. The highest BCUT2D eigenvalue weighted by Crippen LogP contribution is 2.32. The van der Waals surface area contributed by atoms with Gasteiger partial charge in [0.05, 0.1) is 18.1 Å². The molecule has 0 aromatic carbocycles. The third-order valence-corrected chi connectivity index (χ3v) is 5.12. The van der Waals surface area contributed by atoms with Crippen LogP contribution in [-0.4, -0.2) is 31.2 Å². The van der Waals surface area contributed by atoms with Gasteiger partial charge in [-0.05, 0) is 44.6 Å². The Kier molecular flexibility index (Phi) is 5.81. The summed E-state index contributed by atoms with van der Waals surface area (Å²) >= 11 is 0. The van der Waals surface area contributed by atoms with Gasteiger partial charge in [-0.25, -0.2) is 0 Å². The zero-order chi connectivity index (χ0) is 14.6. The van der Waals surface area contributed by atoms with Crippen LogP contribution in [0, 0.1) is 17.3 Å². The lowest BCUT2D eigenvalue weighted by atomic mass is 9.82. The Morgan fingerprint density at radius 2 is 1.79 bits per heavy atom. The Morgan fingerprint density at radius 3 is 2.16 bits per heavy atom. The zero-order valence-corrected chi connectivity index (χ0v) is 13.0. The van der Waals surface area contributed by atoms with Crippen molar-refractivity contribution in [1.82, 2.24) is 5.32 Å². The average molecular weight is 270 g/mol. The number of amides is 1. The normalized spacial score (nSPS) is 31.5. The molecule has 4 nitrogen and oxygen atoms in total. The van der Waals surface area contributed by atoms with Crippen molar-refractivity contribution >= 4 is 5.91 Å². The lowest BCUT2D eigenvalue weighted by Crippen LogP contribution is -2.45. The Bertz CT molecular complexity index is 294. The van der Waals surface area contributed by atoms with Crippen LogP contribution in [0.1, 0.15) is 47.5 Å². The number of hydrogen-bond donors (Lipinski definition) is 2. The highest BCUT2D eigenvalue weighted by molar-refractivity contribution is 5.80. The number of nitrogens with one attached hydrogen (secondary N) is 1. The molecular formula is C15H30N2O2. The lowest BCUT2D eigenvalue weighted by molar-refractivity contribution is -0.127. The molecule has 1 saturated heterocycles. The molecule has 0 aromatic heterocycles. The largest absolute Gasteiger partial charge is 0.374 e. The van der Waals surface area contributed by atoms with Crippen LogP contribution in [0.5, 0.6) is 0 Å². The molecule has 0 aromatic rings. The van der Waals surface area contributed by atoms with Crippen LogP contribution in [0.25, 0.3) is 0 Å². The summed E-state index contributed by atoms with van der Waals surface area (Å²) < 4.78 is 5.73. The third kappa shape index (κ3) is 3.48. The molecule has 0 radical (unpaired) electrons. The second-order valence-corrected chi connectivity index (χ2v) is 6.06. The molecule has 1 heterocycles. The van der Waals surface area contributed by atoms with E-state index in [1.54, 1.807) is 0 Å². The van der Waals surface area contributed by atoms with E-state index in [4.69, 9.17) is 10.5 Å². The molecule has 1 aliphatic rings. The van der Waals surface area contributed by atoms with Crippen LogP contribution in [0.4, 0.5) is 0 Å².